The summed E-state index contributed by atoms with van der Waals surface area (Å²) < 4.78 is 5.67. The van der Waals surface area contributed by atoms with Crippen molar-refractivity contribution in [1.29, 1.82) is 0 Å². The second kappa shape index (κ2) is 8.10. The zero-order chi connectivity index (χ0) is 12.5. The summed E-state index contributed by atoms with van der Waals surface area (Å²) in [5, 5.41) is 0. The van der Waals surface area contributed by atoms with Crippen LogP contribution >= 0.6 is 0 Å². The lowest BCUT2D eigenvalue weighted by Crippen LogP contribution is -2.01. The lowest BCUT2D eigenvalue weighted by Gasteiger charge is -2.08. The fourth-order valence-corrected chi connectivity index (χ4v) is 1.72. The highest BCUT2D eigenvalue weighted by atomic mass is 16.5. The Morgan fingerprint density at radius 1 is 1.12 bits per heavy atom. The maximum absolute atomic E-state index is 5.67. The summed E-state index contributed by atoms with van der Waals surface area (Å²) in [7, 11) is 0. The van der Waals surface area contributed by atoms with E-state index in [0.717, 1.165) is 24.6 Å². The average molecular weight is 235 g/mol. The molecule has 0 bridgehead atoms. The summed E-state index contributed by atoms with van der Waals surface area (Å²) in [6.07, 6.45) is 6.34. The van der Waals surface area contributed by atoms with Crippen LogP contribution in [0.15, 0.2) is 18.2 Å². The van der Waals surface area contributed by atoms with Crippen LogP contribution in [0.4, 0.5) is 0 Å². The summed E-state index contributed by atoms with van der Waals surface area (Å²) in [4.78, 5) is 4.48. The Kier molecular flexibility index (Phi) is 6.68. The second-order valence-electron chi connectivity index (χ2n) is 4.82. The first-order valence-corrected chi connectivity index (χ1v) is 6.83. The second-order valence-corrected chi connectivity index (χ2v) is 4.82. The van der Waals surface area contributed by atoms with Crippen molar-refractivity contribution in [2.75, 3.05) is 6.61 Å². The minimum atomic E-state index is 0.461. The largest absolute Gasteiger partial charge is 0.478 e. The zero-order valence-electron chi connectivity index (χ0n) is 11.4. The number of unbranched alkanes of at least 4 members (excludes halogenated alkanes) is 4. The Morgan fingerprint density at radius 3 is 2.59 bits per heavy atom. The van der Waals surface area contributed by atoms with Gasteiger partial charge in [0.25, 0.3) is 0 Å². The molecular weight excluding hydrogens is 210 g/mol. The van der Waals surface area contributed by atoms with Gasteiger partial charge in [0.1, 0.15) is 0 Å². The molecule has 0 saturated heterocycles. The lowest BCUT2D eigenvalue weighted by molar-refractivity contribution is 0.292. The van der Waals surface area contributed by atoms with Gasteiger partial charge in [-0.3, -0.25) is 0 Å². The number of rotatable bonds is 8. The third-order valence-corrected chi connectivity index (χ3v) is 2.83. The number of pyridine rings is 1. The van der Waals surface area contributed by atoms with Crippen LogP contribution in [0.1, 0.15) is 64.5 Å². The molecular formula is C15H25NO. The van der Waals surface area contributed by atoms with E-state index in [1.807, 2.05) is 12.1 Å². The predicted molar refractivity (Wildman–Crippen MR) is 72.6 cm³/mol. The third kappa shape index (κ3) is 5.71. The molecule has 0 unspecified atom stereocenters. The van der Waals surface area contributed by atoms with Crippen molar-refractivity contribution in [3.8, 4) is 5.88 Å². The maximum Gasteiger partial charge on any atom is 0.213 e. The van der Waals surface area contributed by atoms with Crippen LogP contribution in [0.3, 0.4) is 0 Å². The molecule has 0 N–H and O–H groups in total. The third-order valence-electron chi connectivity index (χ3n) is 2.83. The molecule has 0 spiro atoms. The monoisotopic (exact) mass is 235 g/mol. The van der Waals surface area contributed by atoms with Crippen LogP contribution in [-0.4, -0.2) is 11.6 Å². The van der Waals surface area contributed by atoms with Crippen LogP contribution in [-0.2, 0) is 0 Å². The quantitative estimate of drug-likeness (QED) is 0.616. The molecule has 1 heterocycles. The molecule has 2 nitrogen and oxygen atoms in total. The van der Waals surface area contributed by atoms with Gasteiger partial charge in [-0.05, 0) is 18.4 Å². The number of ether oxygens (including phenoxy) is 1. The van der Waals surface area contributed by atoms with Crippen LogP contribution < -0.4 is 4.74 Å². The Hall–Kier alpha value is -1.05. The van der Waals surface area contributed by atoms with Crippen molar-refractivity contribution < 1.29 is 4.74 Å². The van der Waals surface area contributed by atoms with Crippen molar-refractivity contribution in [1.82, 2.24) is 4.98 Å². The van der Waals surface area contributed by atoms with Gasteiger partial charge in [0.2, 0.25) is 5.88 Å². The highest BCUT2D eigenvalue weighted by Crippen LogP contribution is 2.15. The highest BCUT2D eigenvalue weighted by Gasteiger charge is 2.02. The first kappa shape index (κ1) is 14.0. The normalized spacial score (nSPS) is 10.8. The lowest BCUT2D eigenvalue weighted by atomic mass is 10.1. The van der Waals surface area contributed by atoms with E-state index >= 15 is 0 Å². The molecule has 0 fully saturated rings. The van der Waals surface area contributed by atoms with Gasteiger partial charge in [0, 0.05) is 11.8 Å². The van der Waals surface area contributed by atoms with Gasteiger partial charge in [-0.25, -0.2) is 4.98 Å². The van der Waals surface area contributed by atoms with Crippen LogP contribution in [0.2, 0.25) is 0 Å². The van der Waals surface area contributed by atoms with Gasteiger partial charge in [-0.1, -0.05) is 52.5 Å². The summed E-state index contributed by atoms with van der Waals surface area (Å²) >= 11 is 0. The van der Waals surface area contributed by atoms with E-state index in [2.05, 4.69) is 31.8 Å². The summed E-state index contributed by atoms with van der Waals surface area (Å²) in [6, 6.07) is 6.02. The predicted octanol–water partition coefficient (Wildman–Crippen LogP) is 4.55. The van der Waals surface area contributed by atoms with Crippen molar-refractivity contribution in [3.63, 3.8) is 0 Å². The number of hydrogen-bond donors (Lipinski definition) is 0. The molecule has 2 heteroatoms. The summed E-state index contributed by atoms with van der Waals surface area (Å²) in [5.41, 5.74) is 1.11. The van der Waals surface area contributed by atoms with Crippen molar-refractivity contribution >= 4 is 0 Å². The first-order valence-electron chi connectivity index (χ1n) is 6.83. The SMILES string of the molecule is CCCCCCCOc1cccc(C(C)C)n1. The Bertz CT molecular complexity index is 310. The summed E-state index contributed by atoms with van der Waals surface area (Å²) in [6.45, 7) is 7.32. The molecule has 0 amide bonds. The molecule has 1 aromatic rings. The van der Waals surface area contributed by atoms with Crippen LogP contribution in [0.5, 0.6) is 5.88 Å². The van der Waals surface area contributed by atoms with E-state index in [9.17, 15) is 0 Å². The molecule has 0 aliphatic rings. The van der Waals surface area contributed by atoms with Gasteiger partial charge in [0.05, 0.1) is 6.61 Å². The number of aromatic nitrogens is 1. The van der Waals surface area contributed by atoms with Gasteiger partial charge in [0.15, 0.2) is 0 Å². The maximum atomic E-state index is 5.67. The average Bonchev–Trinajstić information content (AvgIpc) is 2.34. The van der Waals surface area contributed by atoms with Crippen LogP contribution in [0, 0.1) is 0 Å². The Labute approximate surface area is 105 Å². The highest BCUT2D eigenvalue weighted by molar-refractivity contribution is 5.17. The van der Waals surface area contributed by atoms with E-state index in [0.29, 0.717) is 5.92 Å². The molecule has 1 aromatic heterocycles. The molecule has 1 rings (SSSR count). The topological polar surface area (TPSA) is 22.1 Å². The number of hydrogen-bond acceptors (Lipinski definition) is 2. The Morgan fingerprint density at radius 2 is 1.88 bits per heavy atom. The van der Waals surface area contributed by atoms with Gasteiger partial charge in [-0.15, -0.1) is 0 Å². The molecule has 0 saturated carbocycles. The fraction of sp³-hybridized carbons (Fsp3) is 0.667. The minimum absolute atomic E-state index is 0.461. The molecule has 17 heavy (non-hydrogen) atoms. The first-order chi connectivity index (χ1) is 8.24. The molecule has 96 valence electrons. The van der Waals surface area contributed by atoms with Crippen molar-refractivity contribution in [2.45, 2.75) is 58.8 Å². The molecule has 0 aliphatic carbocycles. The zero-order valence-corrected chi connectivity index (χ0v) is 11.4. The smallest absolute Gasteiger partial charge is 0.213 e. The van der Waals surface area contributed by atoms with Gasteiger partial charge >= 0.3 is 0 Å². The Balaban J connectivity index is 2.24. The van der Waals surface area contributed by atoms with Gasteiger partial charge in [-0.2, -0.15) is 0 Å². The van der Waals surface area contributed by atoms with Crippen LogP contribution in [0.25, 0.3) is 0 Å². The number of nitrogens with zero attached hydrogens (tertiary/aromatic N) is 1. The van der Waals surface area contributed by atoms with E-state index in [1.165, 1.54) is 25.7 Å². The van der Waals surface area contributed by atoms with E-state index in [1.54, 1.807) is 0 Å². The molecule has 0 aromatic carbocycles. The van der Waals surface area contributed by atoms with Gasteiger partial charge < -0.3 is 4.74 Å². The van der Waals surface area contributed by atoms with Crippen molar-refractivity contribution in [3.05, 3.63) is 23.9 Å². The van der Waals surface area contributed by atoms with E-state index < -0.39 is 0 Å². The van der Waals surface area contributed by atoms with E-state index in [4.69, 9.17) is 4.74 Å². The van der Waals surface area contributed by atoms with E-state index in [-0.39, 0.29) is 0 Å². The molecule has 0 aliphatic heterocycles. The standard InChI is InChI=1S/C15H25NO/c1-4-5-6-7-8-12-17-15-11-9-10-14(16-15)13(2)3/h9-11,13H,4-8,12H2,1-3H3. The molecule has 0 atom stereocenters. The fourth-order valence-electron chi connectivity index (χ4n) is 1.72. The van der Waals surface area contributed by atoms with Crippen molar-refractivity contribution in [2.24, 2.45) is 0 Å². The minimum Gasteiger partial charge on any atom is -0.478 e. The molecule has 0 radical (unpaired) electrons. The summed E-state index contributed by atoms with van der Waals surface area (Å²) in [5.74, 6) is 1.23.